The van der Waals surface area contributed by atoms with E-state index < -0.39 is 0 Å². The molecule has 0 bridgehead atoms. The van der Waals surface area contributed by atoms with E-state index in [9.17, 15) is 4.79 Å². The molecule has 2 rings (SSSR count). The lowest BCUT2D eigenvalue weighted by atomic mass is 10.2. The highest BCUT2D eigenvalue weighted by atomic mass is 35.5. The van der Waals surface area contributed by atoms with Crippen molar-refractivity contribution in [3.05, 3.63) is 47.5 Å². The molecule has 1 aromatic carbocycles. The second-order valence-corrected chi connectivity index (χ2v) is 4.30. The van der Waals surface area contributed by atoms with Gasteiger partial charge in [-0.25, -0.2) is 4.98 Å². The summed E-state index contributed by atoms with van der Waals surface area (Å²) in [5.41, 5.74) is 1.07. The van der Waals surface area contributed by atoms with Crippen LogP contribution in [0.3, 0.4) is 0 Å². The number of ether oxygens (including phenoxy) is 1. The second-order valence-electron chi connectivity index (χ2n) is 3.90. The summed E-state index contributed by atoms with van der Waals surface area (Å²) in [6, 6.07) is 5.54. The Labute approximate surface area is 110 Å². The zero-order valence-electron chi connectivity index (χ0n) is 9.97. The van der Waals surface area contributed by atoms with Crippen LogP contribution < -0.4 is 4.74 Å². The van der Waals surface area contributed by atoms with Crippen molar-refractivity contribution in [3.63, 3.8) is 0 Å². The predicted octanol–water partition coefficient (Wildman–Crippen LogP) is 2.95. The molecular formula is C13H13ClN2O2. The molecule has 0 spiro atoms. The highest BCUT2D eigenvalue weighted by molar-refractivity contribution is 6.32. The summed E-state index contributed by atoms with van der Waals surface area (Å²) in [4.78, 5) is 15.5. The van der Waals surface area contributed by atoms with Crippen LogP contribution in [0.1, 0.15) is 16.8 Å². The zero-order valence-corrected chi connectivity index (χ0v) is 10.7. The van der Waals surface area contributed by atoms with Gasteiger partial charge < -0.3 is 4.74 Å². The summed E-state index contributed by atoms with van der Waals surface area (Å²) >= 11 is 5.99. The Morgan fingerprint density at radius 3 is 3.06 bits per heavy atom. The zero-order chi connectivity index (χ0) is 13.0. The van der Waals surface area contributed by atoms with Gasteiger partial charge in [0, 0.05) is 12.4 Å². The normalized spacial score (nSPS) is 10.3. The summed E-state index contributed by atoms with van der Waals surface area (Å²) in [6.07, 6.45) is 4.93. The third-order valence-corrected chi connectivity index (χ3v) is 2.76. The largest absolute Gasteiger partial charge is 0.491 e. The van der Waals surface area contributed by atoms with E-state index in [1.807, 2.05) is 19.1 Å². The molecular weight excluding hydrogens is 252 g/mol. The number of halogens is 1. The van der Waals surface area contributed by atoms with Crippen LogP contribution in [-0.2, 0) is 0 Å². The molecule has 0 unspecified atom stereocenters. The fourth-order valence-electron chi connectivity index (χ4n) is 1.51. The molecule has 0 aliphatic carbocycles. The molecule has 0 aliphatic heterocycles. The van der Waals surface area contributed by atoms with Crippen LogP contribution in [0.25, 0.3) is 0 Å². The van der Waals surface area contributed by atoms with E-state index in [-0.39, 0.29) is 12.3 Å². The average Bonchev–Trinajstić information content (AvgIpc) is 2.87. The molecule has 18 heavy (non-hydrogen) atoms. The predicted molar refractivity (Wildman–Crippen MR) is 69.2 cm³/mol. The molecule has 0 amide bonds. The smallest absolute Gasteiger partial charge is 0.235 e. The molecule has 0 saturated carbocycles. The standard InChI is InChI=1S/C13H13ClN2O2/c1-10-2-3-11(14)12(8-10)18-7-4-13(17)16-6-5-15-9-16/h2-3,5-6,8-9H,4,7H2,1H3. The Morgan fingerprint density at radius 1 is 1.50 bits per heavy atom. The fourth-order valence-corrected chi connectivity index (χ4v) is 1.68. The highest BCUT2D eigenvalue weighted by Gasteiger charge is 2.06. The van der Waals surface area contributed by atoms with Crippen molar-refractivity contribution in [2.45, 2.75) is 13.3 Å². The number of hydrogen-bond donors (Lipinski definition) is 0. The van der Waals surface area contributed by atoms with Crippen LogP contribution in [0, 0.1) is 6.92 Å². The Morgan fingerprint density at radius 2 is 2.33 bits per heavy atom. The molecule has 0 radical (unpaired) electrons. The van der Waals surface area contributed by atoms with E-state index in [2.05, 4.69) is 4.98 Å². The summed E-state index contributed by atoms with van der Waals surface area (Å²) in [6.45, 7) is 2.25. The van der Waals surface area contributed by atoms with Gasteiger partial charge in [-0.05, 0) is 24.6 Å². The minimum absolute atomic E-state index is 0.0590. The van der Waals surface area contributed by atoms with E-state index in [0.717, 1.165) is 5.56 Å². The van der Waals surface area contributed by atoms with Crippen molar-refractivity contribution in [2.75, 3.05) is 6.61 Å². The number of benzene rings is 1. The summed E-state index contributed by atoms with van der Waals surface area (Å²) in [7, 11) is 0. The molecule has 0 fully saturated rings. The first-order valence-corrected chi connectivity index (χ1v) is 5.95. The van der Waals surface area contributed by atoms with Crippen LogP contribution in [-0.4, -0.2) is 22.1 Å². The Bertz CT molecular complexity index is 538. The maximum Gasteiger partial charge on any atom is 0.235 e. The van der Waals surface area contributed by atoms with Crippen molar-refractivity contribution in [3.8, 4) is 5.75 Å². The third kappa shape index (κ3) is 3.11. The molecule has 0 atom stereocenters. The SMILES string of the molecule is Cc1ccc(Cl)c(OCCC(=O)n2ccnc2)c1. The van der Waals surface area contributed by atoms with E-state index in [0.29, 0.717) is 17.4 Å². The number of aryl methyl sites for hydroxylation is 1. The van der Waals surface area contributed by atoms with Crippen molar-refractivity contribution in [1.82, 2.24) is 9.55 Å². The first-order chi connectivity index (χ1) is 8.66. The van der Waals surface area contributed by atoms with Gasteiger partial charge in [0.2, 0.25) is 5.91 Å². The van der Waals surface area contributed by atoms with Crippen molar-refractivity contribution >= 4 is 17.5 Å². The minimum atomic E-state index is -0.0590. The van der Waals surface area contributed by atoms with Crippen molar-refractivity contribution < 1.29 is 9.53 Å². The molecule has 1 aromatic heterocycles. The molecule has 94 valence electrons. The first-order valence-electron chi connectivity index (χ1n) is 5.57. The van der Waals surface area contributed by atoms with Crippen LogP contribution in [0.15, 0.2) is 36.9 Å². The number of imidazole rings is 1. The van der Waals surface area contributed by atoms with E-state index in [4.69, 9.17) is 16.3 Å². The molecule has 0 saturated heterocycles. The molecule has 2 aromatic rings. The van der Waals surface area contributed by atoms with Gasteiger partial charge in [-0.3, -0.25) is 9.36 Å². The van der Waals surface area contributed by atoms with Crippen molar-refractivity contribution in [1.29, 1.82) is 0 Å². The topological polar surface area (TPSA) is 44.1 Å². The van der Waals surface area contributed by atoms with Crippen molar-refractivity contribution in [2.24, 2.45) is 0 Å². The lowest BCUT2D eigenvalue weighted by molar-refractivity contribution is 0.0881. The molecule has 1 heterocycles. The highest BCUT2D eigenvalue weighted by Crippen LogP contribution is 2.25. The van der Waals surface area contributed by atoms with Gasteiger partial charge in [0.15, 0.2) is 0 Å². The quantitative estimate of drug-likeness (QED) is 0.853. The van der Waals surface area contributed by atoms with Gasteiger partial charge >= 0.3 is 0 Å². The van der Waals surface area contributed by atoms with Crippen LogP contribution >= 0.6 is 11.6 Å². The third-order valence-electron chi connectivity index (χ3n) is 2.45. The Kier molecular flexibility index (Phi) is 3.99. The van der Waals surface area contributed by atoms with E-state index in [1.54, 1.807) is 18.5 Å². The fraction of sp³-hybridized carbons (Fsp3) is 0.231. The van der Waals surface area contributed by atoms with Crippen LogP contribution in [0.2, 0.25) is 5.02 Å². The maximum atomic E-state index is 11.7. The average molecular weight is 265 g/mol. The maximum absolute atomic E-state index is 11.7. The Balaban J connectivity index is 1.89. The molecule has 5 heteroatoms. The van der Waals surface area contributed by atoms with Gasteiger partial charge in [0.1, 0.15) is 12.1 Å². The number of aromatic nitrogens is 2. The lowest BCUT2D eigenvalue weighted by Crippen LogP contribution is -2.12. The van der Waals surface area contributed by atoms with Gasteiger partial charge in [-0.1, -0.05) is 17.7 Å². The number of carbonyl (C=O) groups is 1. The first kappa shape index (κ1) is 12.6. The number of nitrogens with zero attached hydrogens (tertiary/aromatic N) is 2. The summed E-state index contributed by atoms with van der Waals surface area (Å²) < 4.78 is 6.93. The van der Waals surface area contributed by atoms with Gasteiger partial charge in [0.05, 0.1) is 18.1 Å². The van der Waals surface area contributed by atoms with E-state index in [1.165, 1.54) is 10.9 Å². The molecule has 0 aliphatic rings. The van der Waals surface area contributed by atoms with E-state index >= 15 is 0 Å². The summed E-state index contributed by atoms with van der Waals surface area (Å²) in [5.74, 6) is 0.548. The van der Waals surface area contributed by atoms with Crippen LogP contribution in [0.4, 0.5) is 0 Å². The number of rotatable bonds is 4. The molecule has 0 N–H and O–H groups in total. The monoisotopic (exact) mass is 264 g/mol. The van der Waals surface area contributed by atoms with Gasteiger partial charge in [-0.2, -0.15) is 0 Å². The molecule has 4 nitrogen and oxygen atoms in total. The lowest BCUT2D eigenvalue weighted by Gasteiger charge is -2.08. The second kappa shape index (κ2) is 5.69. The number of carbonyl (C=O) groups excluding carboxylic acids is 1. The number of hydrogen-bond acceptors (Lipinski definition) is 3. The van der Waals surface area contributed by atoms with Crippen LogP contribution in [0.5, 0.6) is 5.75 Å². The Hall–Kier alpha value is -1.81. The van der Waals surface area contributed by atoms with Gasteiger partial charge in [-0.15, -0.1) is 0 Å². The summed E-state index contributed by atoms with van der Waals surface area (Å²) in [5, 5.41) is 0.552. The minimum Gasteiger partial charge on any atom is -0.491 e. The van der Waals surface area contributed by atoms with Gasteiger partial charge in [0.25, 0.3) is 0 Å².